The average molecular weight is 309 g/mol. The second kappa shape index (κ2) is 7.51. The van der Waals surface area contributed by atoms with Crippen LogP contribution in [0.1, 0.15) is 44.7 Å². The normalized spacial score (nSPS) is 22.0. The van der Waals surface area contributed by atoms with Crippen LogP contribution in [0.15, 0.2) is 0 Å². The molecular formula is C15H27N5S. The standard InChI is InChI=1S/C15H27N5S/c1-2-7-16-15-14(17-18-21-15)12-19-8-10-20(11-9-19)13-5-3-4-6-13/h13,16H,2-12H2,1H3. The Kier molecular flexibility index (Phi) is 5.43. The minimum Gasteiger partial charge on any atom is -0.374 e. The lowest BCUT2D eigenvalue weighted by molar-refractivity contribution is 0.0930. The van der Waals surface area contributed by atoms with E-state index in [-0.39, 0.29) is 0 Å². The minimum atomic E-state index is 0.870. The van der Waals surface area contributed by atoms with Crippen molar-refractivity contribution >= 4 is 16.5 Å². The van der Waals surface area contributed by atoms with Crippen LogP contribution in [-0.2, 0) is 6.54 Å². The third kappa shape index (κ3) is 3.93. The molecule has 2 aliphatic rings. The number of hydrogen-bond donors (Lipinski definition) is 1. The van der Waals surface area contributed by atoms with E-state index >= 15 is 0 Å². The fraction of sp³-hybridized carbons (Fsp3) is 0.867. The van der Waals surface area contributed by atoms with E-state index in [1.165, 1.54) is 63.4 Å². The largest absolute Gasteiger partial charge is 0.374 e. The van der Waals surface area contributed by atoms with Gasteiger partial charge < -0.3 is 5.32 Å². The molecule has 3 rings (SSSR count). The quantitative estimate of drug-likeness (QED) is 0.874. The van der Waals surface area contributed by atoms with Crippen molar-refractivity contribution in [3.8, 4) is 0 Å². The molecule has 1 aromatic heterocycles. The summed E-state index contributed by atoms with van der Waals surface area (Å²) in [5, 5.41) is 8.92. The summed E-state index contributed by atoms with van der Waals surface area (Å²) in [6.45, 7) is 8.92. The fourth-order valence-corrected chi connectivity index (χ4v) is 4.05. The molecule has 118 valence electrons. The van der Waals surface area contributed by atoms with E-state index in [2.05, 4.69) is 31.6 Å². The molecule has 1 aliphatic heterocycles. The number of aromatic nitrogens is 2. The molecule has 1 aliphatic carbocycles. The summed E-state index contributed by atoms with van der Waals surface area (Å²) < 4.78 is 4.11. The van der Waals surface area contributed by atoms with Crippen molar-refractivity contribution < 1.29 is 0 Å². The fourth-order valence-electron chi connectivity index (χ4n) is 3.45. The number of rotatable bonds is 6. The van der Waals surface area contributed by atoms with Gasteiger partial charge in [-0.1, -0.05) is 24.3 Å². The molecule has 2 heterocycles. The number of anilines is 1. The first-order valence-electron chi connectivity index (χ1n) is 8.38. The van der Waals surface area contributed by atoms with E-state index in [1.54, 1.807) is 0 Å². The highest BCUT2D eigenvalue weighted by Gasteiger charge is 2.26. The molecule has 1 N–H and O–H groups in total. The van der Waals surface area contributed by atoms with Gasteiger partial charge in [-0.3, -0.25) is 9.80 Å². The molecular weight excluding hydrogens is 282 g/mol. The van der Waals surface area contributed by atoms with Crippen molar-refractivity contribution in [1.82, 2.24) is 19.4 Å². The Labute approximate surface area is 131 Å². The van der Waals surface area contributed by atoms with E-state index in [0.29, 0.717) is 0 Å². The van der Waals surface area contributed by atoms with Crippen LogP contribution in [0.2, 0.25) is 0 Å². The molecule has 0 radical (unpaired) electrons. The van der Waals surface area contributed by atoms with Crippen molar-refractivity contribution in [1.29, 1.82) is 0 Å². The maximum absolute atomic E-state index is 4.31. The smallest absolute Gasteiger partial charge is 0.134 e. The zero-order chi connectivity index (χ0) is 14.5. The summed E-state index contributed by atoms with van der Waals surface area (Å²) in [5.74, 6) is 0. The zero-order valence-corrected chi connectivity index (χ0v) is 13.9. The van der Waals surface area contributed by atoms with E-state index in [0.717, 1.165) is 36.2 Å². The van der Waals surface area contributed by atoms with E-state index < -0.39 is 0 Å². The number of hydrogen-bond acceptors (Lipinski definition) is 6. The lowest BCUT2D eigenvalue weighted by Crippen LogP contribution is -2.49. The number of nitrogens with one attached hydrogen (secondary N) is 1. The van der Waals surface area contributed by atoms with Crippen molar-refractivity contribution in [3.63, 3.8) is 0 Å². The number of nitrogens with zero attached hydrogens (tertiary/aromatic N) is 4. The second-order valence-electron chi connectivity index (χ2n) is 6.23. The molecule has 0 bridgehead atoms. The molecule has 0 atom stereocenters. The van der Waals surface area contributed by atoms with Gasteiger partial charge in [-0.25, -0.2) is 0 Å². The van der Waals surface area contributed by atoms with Gasteiger partial charge in [0, 0.05) is 56.8 Å². The summed E-state index contributed by atoms with van der Waals surface area (Å²) in [6.07, 6.45) is 6.84. The Bertz CT molecular complexity index is 421. The van der Waals surface area contributed by atoms with Crippen LogP contribution in [0.5, 0.6) is 0 Å². The maximum atomic E-state index is 4.31. The van der Waals surface area contributed by atoms with Crippen molar-refractivity contribution in [2.24, 2.45) is 0 Å². The van der Waals surface area contributed by atoms with Crippen LogP contribution >= 0.6 is 11.5 Å². The summed E-state index contributed by atoms with van der Waals surface area (Å²) in [4.78, 5) is 5.23. The summed E-state index contributed by atoms with van der Waals surface area (Å²) in [6, 6.07) is 0.870. The molecule has 0 unspecified atom stereocenters. The Morgan fingerprint density at radius 2 is 1.95 bits per heavy atom. The molecule has 2 fully saturated rings. The van der Waals surface area contributed by atoms with Gasteiger partial charge in [0.1, 0.15) is 10.7 Å². The Hall–Kier alpha value is -0.720. The average Bonchev–Trinajstić information content (AvgIpc) is 3.18. The minimum absolute atomic E-state index is 0.870. The summed E-state index contributed by atoms with van der Waals surface area (Å²) in [5.41, 5.74) is 1.13. The molecule has 21 heavy (non-hydrogen) atoms. The second-order valence-corrected chi connectivity index (χ2v) is 6.98. The van der Waals surface area contributed by atoms with E-state index in [1.807, 2.05) is 0 Å². The Balaban J connectivity index is 1.47. The first-order chi connectivity index (χ1) is 10.4. The lowest BCUT2D eigenvalue weighted by Gasteiger charge is -2.37. The van der Waals surface area contributed by atoms with Gasteiger partial charge >= 0.3 is 0 Å². The molecule has 5 nitrogen and oxygen atoms in total. The first-order valence-corrected chi connectivity index (χ1v) is 9.15. The molecule has 1 saturated heterocycles. The van der Waals surface area contributed by atoms with Gasteiger partial charge in [-0.2, -0.15) is 0 Å². The predicted molar refractivity (Wildman–Crippen MR) is 87.8 cm³/mol. The first kappa shape index (κ1) is 15.2. The third-order valence-corrected chi connectivity index (χ3v) is 5.44. The van der Waals surface area contributed by atoms with Gasteiger partial charge in [0.2, 0.25) is 0 Å². The molecule has 6 heteroatoms. The van der Waals surface area contributed by atoms with E-state index in [4.69, 9.17) is 0 Å². The summed E-state index contributed by atoms with van der Waals surface area (Å²) in [7, 11) is 0. The predicted octanol–water partition coefficient (Wildman–Crippen LogP) is 2.42. The van der Waals surface area contributed by atoms with Crippen LogP contribution in [0.4, 0.5) is 5.00 Å². The van der Waals surface area contributed by atoms with Crippen LogP contribution in [0.25, 0.3) is 0 Å². The van der Waals surface area contributed by atoms with Crippen LogP contribution < -0.4 is 5.32 Å². The molecule has 1 saturated carbocycles. The highest BCUT2D eigenvalue weighted by atomic mass is 32.1. The van der Waals surface area contributed by atoms with E-state index in [9.17, 15) is 0 Å². The number of piperazine rings is 1. The van der Waals surface area contributed by atoms with Gasteiger partial charge in [0.05, 0.1) is 0 Å². The summed E-state index contributed by atoms with van der Waals surface area (Å²) >= 11 is 1.49. The van der Waals surface area contributed by atoms with Gasteiger partial charge in [0.15, 0.2) is 0 Å². The lowest BCUT2D eigenvalue weighted by atomic mass is 10.2. The topological polar surface area (TPSA) is 44.3 Å². The maximum Gasteiger partial charge on any atom is 0.134 e. The highest BCUT2D eigenvalue weighted by Crippen LogP contribution is 2.25. The Morgan fingerprint density at radius 1 is 1.19 bits per heavy atom. The van der Waals surface area contributed by atoms with Gasteiger partial charge in [-0.05, 0) is 19.3 Å². The van der Waals surface area contributed by atoms with Crippen LogP contribution in [-0.4, -0.2) is 58.2 Å². The van der Waals surface area contributed by atoms with Crippen LogP contribution in [0.3, 0.4) is 0 Å². The zero-order valence-electron chi connectivity index (χ0n) is 13.1. The van der Waals surface area contributed by atoms with Crippen molar-refractivity contribution in [2.45, 2.75) is 51.6 Å². The van der Waals surface area contributed by atoms with Gasteiger partial charge in [0.25, 0.3) is 0 Å². The monoisotopic (exact) mass is 309 g/mol. The van der Waals surface area contributed by atoms with Gasteiger partial charge in [-0.15, -0.1) is 5.10 Å². The highest BCUT2D eigenvalue weighted by molar-refractivity contribution is 7.10. The SMILES string of the molecule is CCCNc1snnc1CN1CCN(C2CCCC2)CC1. The molecule has 0 spiro atoms. The van der Waals surface area contributed by atoms with Crippen LogP contribution in [0, 0.1) is 0 Å². The van der Waals surface area contributed by atoms with Crippen molar-refractivity contribution in [2.75, 3.05) is 38.0 Å². The Morgan fingerprint density at radius 3 is 2.67 bits per heavy atom. The molecule has 0 amide bonds. The third-order valence-electron chi connectivity index (χ3n) is 4.71. The van der Waals surface area contributed by atoms with Crippen molar-refractivity contribution in [3.05, 3.63) is 5.69 Å². The molecule has 1 aromatic rings. The molecule has 0 aromatic carbocycles.